The lowest BCUT2D eigenvalue weighted by molar-refractivity contribution is -0.121. The summed E-state index contributed by atoms with van der Waals surface area (Å²) in [6, 6.07) is 3.48. The Labute approximate surface area is 236 Å². The van der Waals surface area contributed by atoms with Crippen molar-refractivity contribution < 1.29 is 9.59 Å². The van der Waals surface area contributed by atoms with Gasteiger partial charge in [-0.2, -0.15) is 0 Å². The molecule has 0 aliphatic rings. The number of nitrogens with one attached hydrogen (secondary N) is 3. The highest BCUT2D eigenvalue weighted by Gasteiger charge is 2.03. The maximum Gasteiger partial charge on any atom is 0.252 e. The van der Waals surface area contributed by atoms with Crippen LogP contribution in [0.15, 0.2) is 97.4 Å². The summed E-state index contributed by atoms with van der Waals surface area (Å²) in [5.41, 5.74) is 0.559. The first-order valence-corrected chi connectivity index (χ1v) is 14.3. The van der Waals surface area contributed by atoms with E-state index in [1.54, 1.807) is 24.5 Å². The van der Waals surface area contributed by atoms with E-state index in [9.17, 15) is 9.59 Å². The summed E-state index contributed by atoms with van der Waals surface area (Å²) in [7, 11) is 0. The molecule has 0 saturated carbocycles. The largest absolute Gasteiger partial charge is 0.356 e. The van der Waals surface area contributed by atoms with Gasteiger partial charge in [-0.15, -0.1) is 0 Å². The average Bonchev–Trinajstić information content (AvgIpc) is 2.96. The topological polar surface area (TPSA) is 83.1 Å². The van der Waals surface area contributed by atoms with E-state index in [0.717, 1.165) is 57.9 Å². The van der Waals surface area contributed by atoms with Crippen molar-refractivity contribution in [3.63, 3.8) is 0 Å². The molecule has 6 nitrogen and oxygen atoms in total. The number of nitrogens with zero attached hydrogens (tertiary/aromatic N) is 1. The second-order valence-electron chi connectivity index (χ2n) is 8.90. The minimum absolute atomic E-state index is 0.0817. The van der Waals surface area contributed by atoms with Gasteiger partial charge < -0.3 is 16.0 Å². The van der Waals surface area contributed by atoms with Gasteiger partial charge in [0.05, 0.1) is 5.56 Å². The molecule has 2 amide bonds. The van der Waals surface area contributed by atoms with Crippen molar-refractivity contribution in [2.24, 2.45) is 0 Å². The van der Waals surface area contributed by atoms with Crippen LogP contribution in [0.1, 0.15) is 75.1 Å². The Morgan fingerprint density at radius 3 is 1.87 bits per heavy atom. The lowest BCUT2D eigenvalue weighted by atomic mass is 10.2. The Bertz CT molecular complexity index is 930. The smallest absolute Gasteiger partial charge is 0.252 e. The molecule has 3 N–H and O–H groups in total. The van der Waals surface area contributed by atoms with E-state index >= 15 is 0 Å². The van der Waals surface area contributed by atoms with Crippen molar-refractivity contribution in [1.82, 2.24) is 20.9 Å². The molecule has 1 aromatic rings. The second-order valence-corrected chi connectivity index (χ2v) is 8.90. The lowest BCUT2D eigenvalue weighted by Gasteiger charge is -2.07. The van der Waals surface area contributed by atoms with Gasteiger partial charge in [-0.1, -0.05) is 79.8 Å². The molecule has 1 rings (SSSR count). The molecule has 0 radical (unpaired) electrons. The number of rotatable bonds is 22. The molecule has 1 aromatic heterocycles. The Balaban J connectivity index is 1.89. The van der Waals surface area contributed by atoms with Crippen molar-refractivity contribution in [3.8, 4) is 0 Å². The molecule has 39 heavy (non-hydrogen) atoms. The van der Waals surface area contributed by atoms with Crippen molar-refractivity contribution >= 4 is 11.8 Å². The van der Waals surface area contributed by atoms with Crippen molar-refractivity contribution in [3.05, 3.63) is 103 Å². The van der Waals surface area contributed by atoms with Gasteiger partial charge in [-0.05, 0) is 70.0 Å². The van der Waals surface area contributed by atoms with Crippen LogP contribution in [0.25, 0.3) is 0 Å². The van der Waals surface area contributed by atoms with Crippen LogP contribution >= 0.6 is 0 Å². The molecule has 0 spiro atoms. The summed E-state index contributed by atoms with van der Waals surface area (Å²) >= 11 is 0. The number of carbonyl (C=O) groups is 2. The SMILES string of the molecule is CC/C=C\C/C=C\C/C=C\C/C=C\C/C=C\C/C=C\CCC(=O)NCCCNCCNC(=O)c1cccnc1. The first-order chi connectivity index (χ1) is 19.2. The number of aromatic nitrogens is 1. The van der Waals surface area contributed by atoms with E-state index in [1.165, 1.54) is 0 Å². The predicted octanol–water partition coefficient (Wildman–Crippen LogP) is 6.39. The van der Waals surface area contributed by atoms with E-state index in [-0.39, 0.29) is 11.8 Å². The predicted molar refractivity (Wildman–Crippen MR) is 165 cm³/mol. The summed E-state index contributed by atoms with van der Waals surface area (Å²) in [6.45, 7) is 4.82. The molecule has 0 aliphatic carbocycles. The maximum atomic E-state index is 11.9. The highest BCUT2D eigenvalue weighted by molar-refractivity contribution is 5.93. The Hall–Kier alpha value is -3.51. The van der Waals surface area contributed by atoms with Crippen LogP contribution in [0.3, 0.4) is 0 Å². The zero-order valence-corrected chi connectivity index (χ0v) is 23.7. The highest BCUT2D eigenvalue weighted by atomic mass is 16.2. The Morgan fingerprint density at radius 2 is 1.31 bits per heavy atom. The molecule has 0 atom stereocenters. The number of hydrogen-bond acceptors (Lipinski definition) is 4. The van der Waals surface area contributed by atoms with Gasteiger partial charge in [-0.25, -0.2) is 0 Å². The highest BCUT2D eigenvalue weighted by Crippen LogP contribution is 1.98. The summed E-state index contributed by atoms with van der Waals surface area (Å²) in [6.07, 6.45) is 37.4. The van der Waals surface area contributed by atoms with E-state index < -0.39 is 0 Å². The van der Waals surface area contributed by atoms with E-state index in [1.807, 2.05) is 0 Å². The van der Waals surface area contributed by atoms with E-state index in [2.05, 4.69) is 101 Å². The monoisotopic (exact) mass is 532 g/mol. The maximum absolute atomic E-state index is 11.9. The zero-order chi connectivity index (χ0) is 28.1. The minimum Gasteiger partial charge on any atom is -0.356 e. The minimum atomic E-state index is -0.121. The number of carbonyl (C=O) groups excluding carboxylic acids is 2. The number of allylic oxidation sites excluding steroid dienone is 12. The first-order valence-electron chi connectivity index (χ1n) is 14.3. The van der Waals surface area contributed by atoms with Crippen LogP contribution < -0.4 is 16.0 Å². The second kappa shape index (κ2) is 26.1. The molecular formula is C33H48N4O2. The molecule has 212 valence electrons. The standard InChI is InChI=1S/C33H48N4O2/c1-2-3-4-5-6-7-8-9-10-11-12-13-14-15-16-17-18-19-20-24-32(38)36-27-22-26-34-28-29-37-33(39)31-23-21-25-35-30-31/h3-4,6-7,9-10,12-13,15-16,18-19,21,23,25,30,34H,2,5,8,11,14,17,20,22,24,26-29H2,1H3,(H,36,38)(H,37,39)/b4-3-,7-6-,10-9-,13-12-,16-15-,19-18-. The van der Waals surface area contributed by atoms with E-state index in [0.29, 0.717) is 31.6 Å². The van der Waals surface area contributed by atoms with Crippen LogP contribution in [0, 0.1) is 0 Å². The summed E-state index contributed by atoms with van der Waals surface area (Å²) in [4.78, 5) is 27.7. The third-order valence-electron chi connectivity index (χ3n) is 5.50. The van der Waals surface area contributed by atoms with Crippen LogP contribution in [0.4, 0.5) is 0 Å². The molecule has 0 unspecified atom stereocenters. The normalized spacial score (nSPS) is 12.2. The summed E-state index contributed by atoms with van der Waals surface area (Å²) in [5, 5.41) is 9.06. The summed E-state index contributed by atoms with van der Waals surface area (Å²) in [5.74, 6) is -0.0395. The van der Waals surface area contributed by atoms with Crippen LogP contribution in [0.5, 0.6) is 0 Å². The van der Waals surface area contributed by atoms with Gasteiger partial charge in [0.15, 0.2) is 0 Å². The molecule has 0 bridgehead atoms. The Kier molecular flexibility index (Phi) is 22.4. The Morgan fingerprint density at radius 1 is 0.718 bits per heavy atom. The molecule has 6 heteroatoms. The van der Waals surface area contributed by atoms with E-state index in [4.69, 9.17) is 0 Å². The molecule has 0 aromatic carbocycles. The number of amides is 2. The molecular weight excluding hydrogens is 484 g/mol. The molecule has 0 aliphatic heterocycles. The fraction of sp³-hybridized carbons (Fsp3) is 0.424. The van der Waals surface area contributed by atoms with Gasteiger partial charge in [0, 0.05) is 38.4 Å². The van der Waals surface area contributed by atoms with Crippen LogP contribution in [-0.2, 0) is 4.79 Å². The van der Waals surface area contributed by atoms with Gasteiger partial charge in [0.1, 0.15) is 0 Å². The number of hydrogen-bond donors (Lipinski definition) is 3. The molecule has 0 fully saturated rings. The van der Waals surface area contributed by atoms with Crippen molar-refractivity contribution in [2.75, 3.05) is 26.2 Å². The zero-order valence-electron chi connectivity index (χ0n) is 23.7. The third-order valence-corrected chi connectivity index (χ3v) is 5.50. The fourth-order valence-electron chi connectivity index (χ4n) is 3.37. The van der Waals surface area contributed by atoms with Crippen molar-refractivity contribution in [1.29, 1.82) is 0 Å². The van der Waals surface area contributed by atoms with Gasteiger partial charge in [0.25, 0.3) is 5.91 Å². The van der Waals surface area contributed by atoms with Gasteiger partial charge in [0.2, 0.25) is 5.91 Å². The fourth-order valence-corrected chi connectivity index (χ4v) is 3.37. The van der Waals surface area contributed by atoms with Crippen molar-refractivity contribution in [2.45, 2.75) is 64.7 Å². The van der Waals surface area contributed by atoms with Gasteiger partial charge in [-0.3, -0.25) is 14.6 Å². The van der Waals surface area contributed by atoms with Gasteiger partial charge >= 0.3 is 0 Å². The quantitative estimate of drug-likeness (QED) is 0.119. The van der Waals surface area contributed by atoms with Crippen LogP contribution in [-0.4, -0.2) is 43.0 Å². The molecule has 1 heterocycles. The number of pyridine rings is 1. The third kappa shape index (κ3) is 22.2. The lowest BCUT2D eigenvalue weighted by Crippen LogP contribution is -2.33. The average molecular weight is 533 g/mol. The van der Waals surface area contributed by atoms with Crippen LogP contribution in [0.2, 0.25) is 0 Å². The summed E-state index contributed by atoms with van der Waals surface area (Å²) < 4.78 is 0. The first kappa shape index (κ1) is 33.5. The molecule has 0 saturated heterocycles.